The minimum atomic E-state index is 0.642. The fraction of sp³-hybridized carbons (Fsp3) is 0.375. The molecule has 2 aromatic carbocycles. The van der Waals surface area contributed by atoms with E-state index < -0.39 is 0 Å². The number of hydrogen-bond donors (Lipinski definition) is 0. The van der Waals surface area contributed by atoms with Crippen molar-refractivity contribution in [2.75, 3.05) is 26.7 Å². The fourth-order valence-corrected chi connectivity index (χ4v) is 4.09. The molecule has 0 unspecified atom stereocenters. The summed E-state index contributed by atoms with van der Waals surface area (Å²) in [6, 6.07) is 24.2. The molecular formula is C24H29N3. The molecule has 0 spiro atoms. The molecular weight excluding hydrogens is 330 g/mol. The maximum atomic E-state index is 4.86. The summed E-state index contributed by atoms with van der Waals surface area (Å²) in [5.41, 5.74) is 3.71. The van der Waals surface area contributed by atoms with Crippen molar-refractivity contribution in [3.05, 3.63) is 78.0 Å². The van der Waals surface area contributed by atoms with Crippen LogP contribution in [-0.4, -0.2) is 47.5 Å². The first kappa shape index (κ1) is 18.1. The molecule has 0 saturated carbocycles. The number of likely N-dealkylation sites (N-methyl/N-ethyl adjacent to an activating group) is 1. The third-order valence-electron chi connectivity index (χ3n) is 5.74. The van der Waals surface area contributed by atoms with Crippen LogP contribution in [0, 0.1) is 0 Å². The third kappa shape index (κ3) is 4.74. The summed E-state index contributed by atoms with van der Waals surface area (Å²) in [4.78, 5) is 9.98. The van der Waals surface area contributed by atoms with E-state index >= 15 is 0 Å². The van der Waals surface area contributed by atoms with E-state index in [-0.39, 0.29) is 0 Å². The van der Waals surface area contributed by atoms with Gasteiger partial charge in [0.1, 0.15) is 0 Å². The normalized spacial score (nSPS) is 18.2. The summed E-state index contributed by atoms with van der Waals surface area (Å²) in [7, 11) is 2.28. The van der Waals surface area contributed by atoms with E-state index in [4.69, 9.17) is 4.98 Å². The minimum absolute atomic E-state index is 0.642. The predicted molar refractivity (Wildman–Crippen MR) is 113 cm³/mol. The van der Waals surface area contributed by atoms with Crippen molar-refractivity contribution in [2.45, 2.75) is 31.8 Å². The van der Waals surface area contributed by atoms with Crippen molar-refractivity contribution in [2.24, 2.45) is 0 Å². The molecule has 0 aliphatic carbocycles. The first-order valence-electron chi connectivity index (χ1n) is 10.1. The summed E-state index contributed by atoms with van der Waals surface area (Å²) in [5.74, 6) is 0. The van der Waals surface area contributed by atoms with Crippen LogP contribution in [0.25, 0.3) is 10.9 Å². The molecule has 4 rings (SSSR count). The molecule has 1 saturated heterocycles. The molecule has 0 N–H and O–H groups in total. The second-order valence-corrected chi connectivity index (χ2v) is 7.74. The number of aromatic nitrogens is 1. The van der Waals surface area contributed by atoms with Gasteiger partial charge in [-0.25, -0.2) is 0 Å². The Labute approximate surface area is 162 Å². The zero-order valence-electron chi connectivity index (χ0n) is 16.2. The Balaban J connectivity index is 1.34. The van der Waals surface area contributed by atoms with Crippen LogP contribution in [0.4, 0.5) is 0 Å². The highest BCUT2D eigenvalue weighted by Gasteiger charge is 2.23. The van der Waals surface area contributed by atoms with Crippen molar-refractivity contribution < 1.29 is 0 Å². The van der Waals surface area contributed by atoms with Crippen LogP contribution in [0.3, 0.4) is 0 Å². The molecule has 1 aromatic heterocycles. The van der Waals surface area contributed by atoms with Gasteiger partial charge in [0.2, 0.25) is 0 Å². The van der Waals surface area contributed by atoms with Crippen molar-refractivity contribution >= 4 is 10.9 Å². The second kappa shape index (κ2) is 8.64. The van der Waals surface area contributed by atoms with Gasteiger partial charge in [0.25, 0.3) is 0 Å². The van der Waals surface area contributed by atoms with Crippen LogP contribution in [0.2, 0.25) is 0 Å². The fourth-order valence-electron chi connectivity index (χ4n) is 4.09. The van der Waals surface area contributed by atoms with Crippen LogP contribution >= 0.6 is 0 Å². The summed E-state index contributed by atoms with van der Waals surface area (Å²) in [6.45, 7) is 4.39. The molecule has 0 radical (unpaired) electrons. The molecule has 3 nitrogen and oxygen atoms in total. The van der Waals surface area contributed by atoms with E-state index in [0.29, 0.717) is 6.04 Å². The van der Waals surface area contributed by atoms with Gasteiger partial charge in [0.15, 0.2) is 0 Å². The average Bonchev–Trinajstić information content (AvgIpc) is 2.73. The zero-order chi connectivity index (χ0) is 18.5. The molecule has 27 heavy (non-hydrogen) atoms. The van der Waals surface area contributed by atoms with Gasteiger partial charge in [0, 0.05) is 31.1 Å². The molecule has 1 atom stereocenters. The molecule has 0 amide bonds. The van der Waals surface area contributed by atoms with Gasteiger partial charge in [0.05, 0.1) is 11.2 Å². The van der Waals surface area contributed by atoms with E-state index in [2.05, 4.69) is 83.6 Å². The number of rotatable bonds is 6. The van der Waals surface area contributed by atoms with Crippen LogP contribution < -0.4 is 0 Å². The van der Waals surface area contributed by atoms with E-state index in [1.54, 1.807) is 0 Å². The smallest absolute Gasteiger partial charge is 0.0705 e. The average molecular weight is 360 g/mol. The Kier molecular flexibility index (Phi) is 5.81. The molecule has 3 heteroatoms. The van der Waals surface area contributed by atoms with Gasteiger partial charge in [-0.1, -0.05) is 54.6 Å². The Morgan fingerprint density at radius 1 is 1.00 bits per heavy atom. The van der Waals surface area contributed by atoms with Crippen LogP contribution in [0.15, 0.2) is 66.7 Å². The number of fused-ring (bicyclic) bond motifs is 1. The largest absolute Gasteiger partial charge is 0.302 e. The van der Waals surface area contributed by atoms with Gasteiger partial charge in [-0.2, -0.15) is 0 Å². The standard InChI is InChI=1S/C24H29N3/c1-26(17-15-20-8-3-2-4-9-20)23-11-7-16-27(19-23)18-22-14-13-21-10-5-6-12-24(21)25-22/h2-6,8-10,12-14,23H,7,11,15-19H2,1H3/t23-/m1/s1. The molecule has 1 aliphatic rings. The Morgan fingerprint density at radius 2 is 1.81 bits per heavy atom. The summed E-state index contributed by atoms with van der Waals surface area (Å²) < 4.78 is 0. The first-order chi connectivity index (χ1) is 13.3. The monoisotopic (exact) mass is 359 g/mol. The molecule has 3 aromatic rings. The second-order valence-electron chi connectivity index (χ2n) is 7.74. The predicted octanol–water partition coefficient (Wildman–Crippen LogP) is 4.37. The van der Waals surface area contributed by atoms with Crippen molar-refractivity contribution in [3.8, 4) is 0 Å². The van der Waals surface area contributed by atoms with Gasteiger partial charge < -0.3 is 4.90 Å². The number of nitrogens with zero attached hydrogens (tertiary/aromatic N) is 3. The quantitative estimate of drug-likeness (QED) is 0.651. The highest BCUT2D eigenvalue weighted by Crippen LogP contribution is 2.19. The number of likely N-dealkylation sites (tertiary alicyclic amines) is 1. The maximum absolute atomic E-state index is 4.86. The van der Waals surface area contributed by atoms with Gasteiger partial charge in [-0.15, -0.1) is 0 Å². The minimum Gasteiger partial charge on any atom is -0.302 e. The lowest BCUT2D eigenvalue weighted by atomic mass is 10.0. The summed E-state index contributed by atoms with van der Waals surface area (Å²) in [6.07, 6.45) is 3.70. The van der Waals surface area contributed by atoms with Crippen LogP contribution in [0.5, 0.6) is 0 Å². The Hall–Kier alpha value is -2.23. The number of hydrogen-bond acceptors (Lipinski definition) is 3. The SMILES string of the molecule is CN(CCc1ccccc1)[C@@H]1CCCN(Cc2ccc3ccccc3n2)C1. The van der Waals surface area contributed by atoms with E-state index in [1.165, 1.54) is 36.0 Å². The van der Waals surface area contributed by atoms with Gasteiger partial charge in [-0.3, -0.25) is 9.88 Å². The van der Waals surface area contributed by atoms with Crippen molar-refractivity contribution in [1.29, 1.82) is 0 Å². The van der Waals surface area contributed by atoms with Crippen molar-refractivity contribution in [1.82, 2.24) is 14.8 Å². The topological polar surface area (TPSA) is 19.4 Å². The van der Waals surface area contributed by atoms with Gasteiger partial charge in [-0.05, 0) is 50.6 Å². The first-order valence-corrected chi connectivity index (χ1v) is 10.1. The number of para-hydroxylation sites is 1. The molecule has 140 valence electrons. The maximum Gasteiger partial charge on any atom is 0.0705 e. The molecule has 0 bridgehead atoms. The molecule has 1 fully saturated rings. The summed E-state index contributed by atoms with van der Waals surface area (Å²) in [5, 5.41) is 1.22. The molecule has 2 heterocycles. The van der Waals surface area contributed by atoms with E-state index in [9.17, 15) is 0 Å². The van der Waals surface area contributed by atoms with Crippen LogP contribution in [0.1, 0.15) is 24.1 Å². The lowest BCUT2D eigenvalue weighted by molar-refractivity contribution is 0.111. The highest BCUT2D eigenvalue weighted by molar-refractivity contribution is 5.78. The van der Waals surface area contributed by atoms with Gasteiger partial charge >= 0.3 is 0 Å². The third-order valence-corrected chi connectivity index (χ3v) is 5.74. The van der Waals surface area contributed by atoms with E-state index in [0.717, 1.165) is 31.6 Å². The highest BCUT2D eigenvalue weighted by atomic mass is 15.2. The lowest BCUT2D eigenvalue weighted by Gasteiger charge is -2.37. The van der Waals surface area contributed by atoms with Crippen molar-refractivity contribution in [3.63, 3.8) is 0 Å². The Bertz CT molecular complexity index is 862. The van der Waals surface area contributed by atoms with E-state index in [1.807, 2.05) is 0 Å². The lowest BCUT2D eigenvalue weighted by Crippen LogP contribution is -2.46. The Morgan fingerprint density at radius 3 is 2.70 bits per heavy atom. The number of piperidine rings is 1. The van der Waals surface area contributed by atoms with Crippen LogP contribution in [-0.2, 0) is 13.0 Å². The zero-order valence-corrected chi connectivity index (χ0v) is 16.2. The number of benzene rings is 2. The molecule has 1 aliphatic heterocycles. The summed E-state index contributed by atoms with van der Waals surface area (Å²) >= 11 is 0. The number of pyridine rings is 1.